The predicted molar refractivity (Wildman–Crippen MR) is 71.2 cm³/mol. The van der Waals surface area contributed by atoms with Crippen molar-refractivity contribution in [1.29, 1.82) is 0 Å². The number of nitrogens with one attached hydrogen (secondary N) is 2. The van der Waals surface area contributed by atoms with Crippen molar-refractivity contribution in [1.82, 2.24) is 15.3 Å². The van der Waals surface area contributed by atoms with Gasteiger partial charge in [0.1, 0.15) is 12.4 Å². The van der Waals surface area contributed by atoms with E-state index in [1.165, 1.54) is 5.69 Å². The van der Waals surface area contributed by atoms with Crippen molar-refractivity contribution in [3.8, 4) is 5.75 Å². The largest absolute Gasteiger partial charge is 0.491 e. The van der Waals surface area contributed by atoms with Gasteiger partial charge in [-0.15, -0.1) is 0 Å². The van der Waals surface area contributed by atoms with E-state index in [2.05, 4.69) is 15.3 Å². The summed E-state index contributed by atoms with van der Waals surface area (Å²) >= 11 is 0. The van der Waals surface area contributed by atoms with Crippen molar-refractivity contribution in [2.24, 2.45) is 0 Å². The first-order chi connectivity index (χ1) is 9.40. The molecule has 0 fully saturated rings. The SMILES string of the molecule is OCCOc1ccccc1[C@@H]1NCCc2[nH]cnc21. The van der Waals surface area contributed by atoms with E-state index in [1.54, 1.807) is 6.33 Å². The van der Waals surface area contributed by atoms with Crippen LogP contribution in [0, 0.1) is 0 Å². The number of aliphatic hydroxyl groups excluding tert-OH is 1. The summed E-state index contributed by atoms with van der Waals surface area (Å²) in [4.78, 5) is 7.60. The van der Waals surface area contributed by atoms with E-state index in [-0.39, 0.29) is 12.6 Å². The first-order valence-electron chi connectivity index (χ1n) is 6.48. The molecule has 0 saturated carbocycles. The molecule has 5 nitrogen and oxygen atoms in total. The summed E-state index contributed by atoms with van der Waals surface area (Å²) in [5.41, 5.74) is 3.27. The monoisotopic (exact) mass is 259 g/mol. The van der Waals surface area contributed by atoms with Gasteiger partial charge in [-0.1, -0.05) is 18.2 Å². The number of aromatic amines is 1. The number of ether oxygens (including phenoxy) is 1. The van der Waals surface area contributed by atoms with Gasteiger partial charge in [0.2, 0.25) is 0 Å². The van der Waals surface area contributed by atoms with Crippen molar-refractivity contribution in [3.05, 3.63) is 47.5 Å². The molecule has 1 aliphatic heterocycles. The Bertz CT molecular complexity index is 553. The highest BCUT2D eigenvalue weighted by molar-refractivity contribution is 5.41. The highest BCUT2D eigenvalue weighted by Gasteiger charge is 2.25. The molecule has 2 aromatic rings. The maximum Gasteiger partial charge on any atom is 0.124 e. The summed E-state index contributed by atoms with van der Waals surface area (Å²) in [5, 5.41) is 12.4. The number of benzene rings is 1. The molecule has 0 unspecified atom stereocenters. The highest BCUT2D eigenvalue weighted by Crippen LogP contribution is 2.32. The number of rotatable bonds is 4. The predicted octanol–water partition coefficient (Wildman–Crippen LogP) is 1.02. The normalized spacial score (nSPS) is 18.1. The molecule has 1 aliphatic rings. The van der Waals surface area contributed by atoms with Gasteiger partial charge in [0.05, 0.1) is 24.7 Å². The Labute approximate surface area is 111 Å². The first kappa shape index (κ1) is 12.2. The minimum absolute atomic E-state index is 0.0140. The van der Waals surface area contributed by atoms with Crippen LogP contribution < -0.4 is 10.1 Å². The Kier molecular flexibility index (Phi) is 3.48. The van der Waals surface area contributed by atoms with E-state index in [1.807, 2.05) is 24.3 Å². The van der Waals surface area contributed by atoms with Gasteiger partial charge in [0.15, 0.2) is 0 Å². The molecule has 1 atom stereocenters. The number of hydrogen-bond acceptors (Lipinski definition) is 4. The number of aliphatic hydroxyl groups is 1. The second-order valence-electron chi connectivity index (χ2n) is 4.51. The third-order valence-corrected chi connectivity index (χ3v) is 3.33. The molecule has 100 valence electrons. The minimum atomic E-state index is 0.0140. The lowest BCUT2D eigenvalue weighted by Gasteiger charge is -2.25. The summed E-state index contributed by atoms with van der Waals surface area (Å²) in [5.74, 6) is 0.796. The van der Waals surface area contributed by atoms with Gasteiger partial charge in [-0.25, -0.2) is 4.98 Å². The van der Waals surface area contributed by atoms with Crippen LogP contribution in [0.1, 0.15) is 23.0 Å². The highest BCUT2D eigenvalue weighted by atomic mass is 16.5. The molecule has 5 heteroatoms. The molecule has 2 heterocycles. The average Bonchev–Trinajstić information content (AvgIpc) is 2.94. The summed E-state index contributed by atoms with van der Waals surface area (Å²) in [6.07, 6.45) is 2.70. The summed E-state index contributed by atoms with van der Waals surface area (Å²) < 4.78 is 5.60. The Morgan fingerprint density at radius 3 is 3.16 bits per heavy atom. The van der Waals surface area contributed by atoms with Gasteiger partial charge in [-0.3, -0.25) is 0 Å². The fraction of sp³-hybridized carbons (Fsp3) is 0.357. The van der Waals surface area contributed by atoms with E-state index in [0.717, 1.165) is 30.0 Å². The standard InChI is InChI=1S/C14H17N3O2/c18-7-8-19-12-4-2-1-3-10(12)13-14-11(5-6-15-13)16-9-17-14/h1-4,9,13,15,18H,5-8H2,(H,16,17)/t13-/m0/s1. The summed E-state index contributed by atoms with van der Waals surface area (Å²) in [6.45, 7) is 1.23. The lowest BCUT2D eigenvalue weighted by Crippen LogP contribution is -2.31. The van der Waals surface area contributed by atoms with Crippen LogP contribution in [-0.4, -0.2) is 34.8 Å². The van der Waals surface area contributed by atoms with Crippen molar-refractivity contribution >= 4 is 0 Å². The van der Waals surface area contributed by atoms with Gasteiger partial charge in [0.25, 0.3) is 0 Å². The zero-order chi connectivity index (χ0) is 13.1. The molecule has 0 amide bonds. The van der Waals surface area contributed by atoms with Crippen LogP contribution in [0.4, 0.5) is 0 Å². The van der Waals surface area contributed by atoms with E-state index in [0.29, 0.717) is 6.61 Å². The first-order valence-corrected chi connectivity index (χ1v) is 6.48. The van der Waals surface area contributed by atoms with Crippen molar-refractivity contribution < 1.29 is 9.84 Å². The van der Waals surface area contributed by atoms with Crippen LogP contribution in [0.15, 0.2) is 30.6 Å². The van der Waals surface area contributed by atoms with Crippen LogP contribution >= 0.6 is 0 Å². The van der Waals surface area contributed by atoms with E-state index < -0.39 is 0 Å². The Balaban J connectivity index is 1.95. The molecule has 1 aromatic heterocycles. The molecule has 0 bridgehead atoms. The number of fused-ring (bicyclic) bond motifs is 1. The third kappa shape index (κ3) is 2.34. The van der Waals surface area contributed by atoms with E-state index >= 15 is 0 Å². The maximum atomic E-state index is 8.90. The smallest absolute Gasteiger partial charge is 0.124 e. The molecule has 0 spiro atoms. The van der Waals surface area contributed by atoms with E-state index in [4.69, 9.17) is 9.84 Å². The van der Waals surface area contributed by atoms with E-state index in [9.17, 15) is 0 Å². The second kappa shape index (κ2) is 5.42. The van der Waals surface area contributed by atoms with Gasteiger partial charge in [-0.2, -0.15) is 0 Å². The fourth-order valence-corrected chi connectivity index (χ4v) is 2.48. The second-order valence-corrected chi connectivity index (χ2v) is 4.51. The molecule has 0 saturated heterocycles. The zero-order valence-corrected chi connectivity index (χ0v) is 10.6. The van der Waals surface area contributed by atoms with Crippen molar-refractivity contribution in [3.63, 3.8) is 0 Å². The zero-order valence-electron chi connectivity index (χ0n) is 10.6. The van der Waals surface area contributed by atoms with Crippen LogP contribution in [0.2, 0.25) is 0 Å². The Hall–Kier alpha value is -1.85. The van der Waals surface area contributed by atoms with Crippen LogP contribution in [0.5, 0.6) is 5.75 Å². The van der Waals surface area contributed by atoms with Gasteiger partial charge in [0, 0.05) is 24.2 Å². The molecular weight excluding hydrogens is 242 g/mol. The quantitative estimate of drug-likeness (QED) is 0.766. The lowest BCUT2D eigenvalue weighted by atomic mass is 9.97. The third-order valence-electron chi connectivity index (χ3n) is 3.33. The molecular formula is C14H17N3O2. The topological polar surface area (TPSA) is 70.2 Å². The molecule has 3 N–H and O–H groups in total. The van der Waals surface area contributed by atoms with Crippen molar-refractivity contribution in [2.45, 2.75) is 12.5 Å². The number of hydrogen-bond donors (Lipinski definition) is 3. The lowest BCUT2D eigenvalue weighted by molar-refractivity contribution is 0.199. The molecule has 1 aromatic carbocycles. The number of para-hydroxylation sites is 1. The number of H-pyrrole nitrogens is 1. The molecule has 0 aliphatic carbocycles. The summed E-state index contributed by atoms with van der Waals surface area (Å²) in [7, 11) is 0. The van der Waals surface area contributed by atoms with Gasteiger partial charge in [-0.05, 0) is 6.07 Å². The maximum absolute atomic E-state index is 8.90. The molecule has 19 heavy (non-hydrogen) atoms. The average molecular weight is 259 g/mol. The van der Waals surface area contributed by atoms with Crippen LogP contribution in [0.3, 0.4) is 0 Å². The Morgan fingerprint density at radius 1 is 1.37 bits per heavy atom. The Morgan fingerprint density at radius 2 is 2.26 bits per heavy atom. The number of nitrogens with zero attached hydrogens (tertiary/aromatic N) is 1. The number of aromatic nitrogens is 2. The number of imidazole rings is 1. The van der Waals surface area contributed by atoms with Crippen LogP contribution in [0.25, 0.3) is 0 Å². The molecule has 0 radical (unpaired) electrons. The van der Waals surface area contributed by atoms with Crippen molar-refractivity contribution in [2.75, 3.05) is 19.8 Å². The van der Waals surface area contributed by atoms with Crippen LogP contribution in [-0.2, 0) is 6.42 Å². The molecule has 3 rings (SSSR count). The van der Waals surface area contributed by atoms with Gasteiger partial charge >= 0.3 is 0 Å². The van der Waals surface area contributed by atoms with Gasteiger partial charge < -0.3 is 20.1 Å². The summed E-state index contributed by atoms with van der Waals surface area (Å²) in [6, 6.07) is 7.93. The fourth-order valence-electron chi connectivity index (χ4n) is 2.48. The minimum Gasteiger partial charge on any atom is -0.491 e.